The lowest BCUT2D eigenvalue weighted by Crippen LogP contribution is -2.17. The largest absolute Gasteiger partial charge is 0.481 e. The van der Waals surface area contributed by atoms with Crippen LogP contribution in [0.25, 0.3) is 0 Å². The second kappa shape index (κ2) is 5.99. The zero-order chi connectivity index (χ0) is 10.7. The van der Waals surface area contributed by atoms with E-state index in [4.69, 9.17) is 16.7 Å². The molecule has 1 N–H and O–H groups in total. The van der Waals surface area contributed by atoms with E-state index >= 15 is 0 Å². The van der Waals surface area contributed by atoms with Crippen molar-refractivity contribution in [2.45, 2.75) is 19.8 Å². The summed E-state index contributed by atoms with van der Waals surface area (Å²) in [6.45, 7) is 3.78. The summed E-state index contributed by atoms with van der Waals surface area (Å²) in [4.78, 5) is 11.0. The smallest absolute Gasteiger partial charge is 0.311 e. The van der Waals surface area contributed by atoms with Crippen LogP contribution in [-0.4, -0.2) is 11.1 Å². The van der Waals surface area contributed by atoms with Crippen molar-refractivity contribution in [1.29, 1.82) is 0 Å². The first kappa shape index (κ1) is 14.3. The second-order valence-electron chi connectivity index (χ2n) is 3.61. The number of benzene rings is 1. The van der Waals surface area contributed by atoms with Gasteiger partial charge in [-0.25, -0.2) is 0 Å². The second-order valence-corrected chi connectivity index (χ2v) is 4.05. The van der Waals surface area contributed by atoms with Gasteiger partial charge in [0.05, 0.1) is 5.92 Å². The number of hydrogen-bond acceptors (Lipinski definition) is 1. The van der Waals surface area contributed by atoms with Gasteiger partial charge in [-0.3, -0.25) is 4.79 Å². The Kier molecular flexibility index (Phi) is 5.69. The number of carboxylic acid groups (broad SMARTS) is 1. The van der Waals surface area contributed by atoms with E-state index in [-0.39, 0.29) is 18.3 Å². The van der Waals surface area contributed by atoms with Crippen LogP contribution in [0.1, 0.15) is 25.3 Å². The van der Waals surface area contributed by atoms with E-state index in [9.17, 15) is 4.79 Å². The first-order valence-electron chi connectivity index (χ1n) is 4.50. The lowest BCUT2D eigenvalue weighted by Gasteiger charge is -2.16. The molecule has 1 aromatic carbocycles. The topological polar surface area (TPSA) is 37.3 Å². The Bertz CT molecular complexity index is 337. The van der Waals surface area contributed by atoms with Crippen molar-refractivity contribution >= 4 is 30.0 Å². The molecule has 0 saturated heterocycles. The average Bonchev–Trinajstić information content (AvgIpc) is 2.02. The maximum Gasteiger partial charge on any atom is 0.311 e. The summed E-state index contributed by atoms with van der Waals surface area (Å²) >= 11 is 5.81. The van der Waals surface area contributed by atoms with Gasteiger partial charge in [0.1, 0.15) is 0 Å². The Morgan fingerprint density at radius 1 is 1.40 bits per heavy atom. The number of hydrogen-bond donors (Lipinski definition) is 1. The quantitative estimate of drug-likeness (QED) is 0.888. The third kappa shape index (κ3) is 3.73. The van der Waals surface area contributed by atoms with Crippen LogP contribution in [-0.2, 0) is 4.79 Å². The molecule has 0 heterocycles. The maximum atomic E-state index is 11.0. The van der Waals surface area contributed by atoms with E-state index in [1.807, 2.05) is 13.8 Å². The fraction of sp³-hybridized carbons (Fsp3) is 0.364. The highest BCUT2D eigenvalue weighted by Crippen LogP contribution is 2.26. The molecule has 1 atom stereocenters. The molecular formula is C11H14Cl2O2. The summed E-state index contributed by atoms with van der Waals surface area (Å²) in [5.41, 5.74) is 0.764. The van der Waals surface area contributed by atoms with E-state index in [2.05, 4.69) is 0 Å². The molecule has 1 unspecified atom stereocenters. The van der Waals surface area contributed by atoms with E-state index < -0.39 is 11.9 Å². The van der Waals surface area contributed by atoms with Gasteiger partial charge in [0, 0.05) is 5.02 Å². The summed E-state index contributed by atoms with van der Waals surface area (Å²) in [5, 5.41) is 9.62. The van der Waals surface area contributed by atoms with Gasteiger partial charge in [-0.15, -0.1) is 12.4 Å². The molecule has 0 spiro atoms. The SMILES string of the molecule is CC(C)C(C(=O)O)c1cccc(Cl)c1.Cl. The van der Waals surface area contributed by atoms with Gasteiger partial charge in [0.2, 0.25) is 0 Å². The van der Waals surface area contributed by atoms with Gasteiger partial charge < -0.3 is 5.11 Å². The fourth-order valence-electron chi connectivity index (χ4n) is 1.51. The highest BCUT2D eigenvalue weighted by Gasteiger charge is 2.23. The molecular weight excluding hydrogens is 235 g/mol. The van der Waals surface area contributed by atoms with Crippen molar-refractivity contribution in [1.82, 2.24) is 0 Å². The summed E-state index contributed by atoms with van der Waals surface area (Å²) in [7, 11) is 0. The molecule has 1 aromatic rings. The van der Waals surface area contributed by atoms with Crippen molar-refractivity contribution in [2.24, 2.45) is 5.92 Å². The minimum absolute atomic E-state index is 0. The number of aliphatic carboxylic acids is 1. The van der Waals surface area contributed by atoms with Crippen LogP contribution in [0.4, 0.5) is 0 Å². The van der Waals surface area contributed by atoms with Crippen molar-refractivity contribution in [3.63, 3.8) is 0 Å². The van der Waals surface area contributed by atoms with Crippen molar-refractivity contribution in [2.75, 3.05) is 0 Å². The molecule has 1 rings (SSSR count). The predicted octanol–water partition coefficient (Wildman–Crippen LogP) is 3.59. The van der Waals surface area contributed by atoms with Gasteiger partial charge in [0.25, 0.3) is 0 Å². The van der Waals surface area contributed by atoms with Crippen LogP contribution in [0.5, 0.6) is 0 Å². The Hall–Kier alpha value is -0.730. The number of carbonyl (C=O) groups is 1. The highest BCUT2D eigenvalue weighted by atomic mass is 35.5. The minimum Gasteiger partial charge on any atom is -0.481 e. The molecule has 0 bridgehead atoms. The molecule has 0 saturated carbocycles. The number of rotatable bonds is 3. The Labute approximate surface area is 101 Å². The van der Waals surface area contributed by atoms with E-state index in [1.54, 1.807) is 24.3 Å². The van der Waals surface area contributed by atoms with Gasteiger partial charge >= 0.3 is 5.97 Å². The van der Waals surface area contributed by atoms with Crippen LogP contribution in [0, 0.1) is 5.92 Å². The fourth-order valence-corrected chi connectivity index (χ4v) is 1.71. The van der Waals surface area contributed by atoms with Crippen LogP contribution in [0.2, 0.25) is 5.02 Å². The monoisotopic (exact) mass is 248 g/mol. The summed E-state index contributed by atoms with van der Waals surface area (Å²) in [5.74, 6) is -1.22. The molecule has 0 amide bonds. The number of halogens is 2. The first-order chi connectivity index (χ1) is 6.52. The zero-order valence-electron chi connectivity index (χ0n) is 8.61. The van der Waals surface area contributed by atoms with Crippen LogP contribution in [0.3, 0.4) is 0 Å². The van der Waals surface area contributed by atoms with Gasteiger partial charge in [0.15, 0.2) is 0 Å². The molecule has 0 fully saturated rings. The lowest BCUT2D eigenvalue weighted by molar-refractivity contribution is -0.139. The average molecular weight is 249 g/mol. The molecule has 0 aromatic heterocycles. The van der Waals surface area contributed by atoms with Gasteiger partial charge in [-0.05, 0) is 23.6 Å². The standard InChI is InChI=1S/C11H13ClO2.ClH/c1-7(2)10(11(13)14)8-4-3-5-9(12)6-8;/h3-7,10H,1-2H3,(H,13,14);1H. The summed E-state index contributed by atoms with van der Waals surface area (Å²) < 4.78 is 0. The van der Waals surface area contributed by atoms with Crippen molar-refractivity contribution in [3.8, 4) is 0 Å². The van der Waals surface area contributed by atoms with Gasteiger partial charge in [-0.2, -0.15) is 0 Å². The predicted molar refractivity (Wildman–Crippen MR) is 63.9 cm³/mol. The van der Waals surface area contributed by atoms with E-state index in [0.717, 1.165) is 5.56 Å². The van der Waals surface area contributed by atoms with Crippen molar-refractivity contribution < 1.29 is 9.90 Å². The first-order valence-corrected chi connectivity index (χ1v) is 4.88. The molecule has 0 aliphatic heterocycles. The minimum atomic E-state index is -0.803. The molecule has 0 radical (unpaired) electrons. The molecule has 2 nitrogen and oxygen atoms in total. The Morgan fingerprint density at radius 3 is 2.40 bits per heavy atom. The maximum absolute atomic E-state index is 11.0. The molecule has 0 aliphatic carbocycles. The van der Waals surface area contributed by atoms with Crippen LogP contribution < -0.4 is 0 Å². The molecule has 0 aliphatic rings. The normalized spacial score (nSPS) is 12.0. The number of carboxylic acids is 1. The van der Waals surface area contributed by atoms with Crippen LogP contribution in [0.15, 0.2) is 24.3 Å². The van der Waals surface area contributed by atoms with Crippen molar-refractivity contribution in [3.05, 3.63) is 34.9 Å². The third-order valence-corrected chi connectivity index (χ3v) is 2.38. The molecule has 4 heteroatoms. The third-order valence-electron chi connectivity index (χ3n) is 2.14. The van der Waals surface area contributed by atoms with Crippen LogP contribution >= 0.6 is 24.0 Å². The summed E-state index contributed by atoms with van der Waals surface area (Å²) in [6.07, 6.45) is 0. The Balaban J connectivity index is 0.00000196. The molecule has 84 valence electrons. The summed E-state index contributed by atoms with van der Waals surface area (Å²) in [6, 6.07) is 7.02. The van der Waals surface area contributed by atoms with E-state index in [1.165, 1.54) is 0 Å². The van der Waals surface area contributed by atoms with Gasteiger partial charge in [-0.1, -0.05) is 37.6 Å². The van der Waals surface area contributed by atoms with E-state index in [0.29, 0.717) is 5.02 Å². The highest BCUT2D eigenvalue weighted by molar-refractivity contribution is 6.30. The molecule has 15 heavy (non-hydrogen) atoms. The Morgan fingerprint density at radius 2 is 2.00 bits per heavy atom. The zero-order valence-corrected chi connectivity index (χ0v) is 10.2. The lowest BCUT2D eigenvalue weighted by atomic mass is 9.89.